The Morgan fingerprint density at radius 2 is 1.81 bits per heavy atom. The van der Waals surface area contributed by atoms with Crippen molar-refractivity contribution < 1.29 is 13.2 Å². The fourth-order valence-corrected chi connectivity index (χ4v) is 3.70. The monoisotopic (exact) mass is 354 g/mol. The van der Waals surface area contributed by atoms with Crippen molar-refractivity contribution in [2.24, 2.45) is 0 Å². The van der Waals surface area contributed by atoms with E-state index < -0.39 is 10.0 Å². The minimum atomic E-state index is -3.70. The molecule has 0 atom stereocenters. The topological polar surface area (TPSA) is 58.6 Å². The van der Waals surface area contributed by atoms with Gasteiger partial charge in [0, 0.05) is 19.2 Å². The zero-order valence-corrected chi connectivity index (χ0v) is 14.6. The van der Waals surface area contributed by atoms with Crippen LogP contribution in [0.15, 0.2) is 17.0 Å². The van der Waals surface area contributed by atoms with Crippen molar-refractivity contribution in [3.05, 3.63) is 22.2 Å². The van der Waals surface area contributed by atoms with Crippen molar-refractivity contribution in [3.8, 4) is 5.75 Å². The fourth-order valence-electron chi connectivity index (χ4n) is 1.83. The van der Waals surface area contributed by atoms with Gasteiger partial charge in [-0.3, -0.25) is 0 Å². The first-order chi connectivity index (χ1) is 9.85. The zero-order valence-electron chi connectivity index (χ0n) is 12.3. The van der Waals surface area contributed by atoms with Crippen LogP contribution in [0.4, 0.5) is 0 Å². The second kappa shape index (κ2) is 8.19. The Labute approximate surface area is 136 Å². The summed E-state index contributed by atoms with van der Waals surface area (Å²) >= 11 is 11.9. The number of methoxy groups -OCH3 is 1. The quantitative estimate of drug-likeness (QED) is 0.779. The molecule has 0 aliphatic heterocycles. The number of sulfonamides is 1. The Morgan fingerprint density at radius 3 is 2.33 bits per heavy atom. The van der Waals surface area contributed by atoms with Gasteiger partial charge in [0.15, 0.2) is 0 Å². The maximum Gasteiger partial charge on any atom is 0.242 e. The first-order valence-electron chi connectivity index (χ1n) is 6.60. The molecular formula is C13H20Cl2N2O3S. The van der Waals surface area contributed by atoms with Gasteiger partial charge < -0.3 is 9.64 Å². The molecule has 0 aliphatic rings. The third kappa shape index (κ3) is 5.00. The highest BCUT2D eigenvalue weighted by atomic mass is 35.5. The Kier molecular flexibility index (Phi) is 7.23. The number of hydrogen-bond acceptors (Lipinski definition) is 4. The maximum absolute atomic E-state index is 12.2. The number of halogens is 2. The molecule has 21 heavy (non-hydrogen) atoms. The molecule has 1 aromatic rings. The van der Waals surface area contributed by atoms with E-state index >= 15 is 0 Å². The lowest BCUT2D eigenvalue weighted by Crippen LogP contribution is -2.34. The summed E-state index contributed by atoms with van der Waals surface area (Å²) in [6.45, 7) is 6.73. The lowest BCUT2D eigenvalue weighted by atomic mass is 10.3. The molecule has 0 spiro atoms. The Hall–Kier alpha value is -0.530. The first kappa shape index (κ1) is 18.5. The first-order valence-corrected chi connectivity index (χ1v) is 8.84. The minimum absolute atomic E-state index is 0.0467. The smallest absolute Gasteiger partial charge is 0.242 e. The number of benzene rings is 1. The molecule has 0 heterocycles. The Balaban J connectivity index is 2.86. The third-order valence-corrected chi connectivity index (χ3v) is 5.33. The molecule has 0 amide bonds. The molecule has 0 aliphatic carbocycles. The summed E-state index contributed by atoms with van der Waals surface area (Å²) < 4.78 is 32.0. The lowest BCUT2D eigenvalue weighted by molar-refractivity contribution is 0.309. The minimum Gasteiger partial charge on any atom is -0.495 e. The summed E-state index contributed by atoms with van der Waals surface area (Å²) in [7, 11) is -2.26. The van der Waals surface area contributed by atoms with Gasteiger partial charge in [0.25, 0.3) is 0 Å². The normalized spacial score (nSPS) is 11.9. The van der Waals surface area contributed by atoms with Crippen LogP contribution in [-0.4, -0.2) is 46.6 Å². The molecule has 0 saturated heterocycles. The SMILES string of the molecule is CCN(CC)CCNS(=O)(=O)c1cc(Cl)c(OC)cc1Cl. The number of hydrogen-bond donors (Lipinski definition) is 1. The van der Waals surface area contributed by atoms with Gasteiger partial charge in [-0.25, -0.2) is 13.1 Å². The number of likely N-dealkylation sites (N-methyl/N-ethyl adjacent to an activating group) is 1. The molecule has 0 fully saturated rings. The highest BCUT2D eigenvalue weighted by molar-refractivity contribution is 7.89. The second-order valence-corrected chi connectivity index (χ2v) is 6.89. The van der Waals surface area contributed by atoms with Crippen molar-refractivity contribution in [2.45, 2.75) is 18.7 Å². The molecule has 1 aromatic carbocycles. The van der Waals surface area contributed by atoms with Crippen LogP contribution in [0, 0.1) is 0 Å². The molecule has 0 radical (unpaired) electrons. The van der Waals surface area contributed by atoms with E-state index in [-0.39, 0.29) is 14.9 Å². The van der Waals surface area contributed by atoms with E-state index in [1.807, 2.05) is 13.8 Å². The predicted octanol–water partition coefficient (Wildman–Crippen LogP) is 2.62. The molecule has 1 N–H and O–H groups in total. The summed E-state index contributed by atoms with van der Waals surface area (Å²) in [6.07, 6.45) is 0. The Bertz CT molecular complexity index is 575. The van der Waals surface area contributed by atoms with Crippen LogP contribution >= 0.6 is 23.2 Å². The molecule has 0 saturated carbocycles. The van der Waals surface area contributed by atoms with E-state index in [4.69, 9.17) is 27.9 Å². The predicted molar refractivity (Wildman–Crippen MR) is 86.0 cm³/mol. The van der Waals surface area contributed by atoms with Gasteiger partial charge >= 0.3 is 0 Å². The van der Waals surface area contributed by atoms with Crippen molar-refractivity contribution in [1.29, 1.82) is 0 Å². The van der Waals surface area contributed by atoms with E-state index in [1.54, 1.807) is 0 Å². The number of ether oxygens (including phenoxy) is 1. The summed E-state index contributed by atoms with van der Waals surface area (Å²) in [5.41, 5.74) is 0. The van der Waals surface area contributed by atoms with Crippen molar-refractivity contribution in [3.63, 3.8) is 0 Å². The van der Waals surface area contributed by atoms with E-state index in [9.17, 15) is 8.42 Å². The van der Waals surface area contributed by atoms with Gasteiger partial charge in [-0.2, -0.15) is 0 Å². The third-order valence-electron chi connectivity index (χ3n) is 3.11. The lowest BCUT2D eigenvalue weighted by Gasteiger charge is -2.18. The van der Waals surface area contributed by atoms with Crippen LogP contribution in [0.1, 0.15) is 13.8 Å². The summed E-state index contributed by atoms with van der Waals surface area (Å²) in [5.74, 6) is 0.337. The number of nitrogens with zero attached hydrogens (tertiary/aromatic N) is 1. The summed E-state index contributed by atoms with van der Waals surface area (Å²) in [6, 6.07) is 2.69. The van der Waals surface area contributed by atoms with Crippen LogP contribution in [0.3, 0.4) is 0 Å². The molecular weight excluding hydrogens is 335 g/mol. The molecule has 0 unspecified atom stereocenters. The van der Waals surface area contributed by atoms with E-state index in [0.29, 0.717) is 18.8 Å². The van der Waals surface area contributed by atoms with Crippen molar-refractivity contribution >= 4 is 33.2 Å². The van der Waals surface area contributed by atoms with Crippen LogP contribution in [-0.2, 0) is 10.0 Å². The molecule has 0 aromatic heterocycles. The largest absolute Gasteiger partial charge is 0.495 e. The fraction of sp³-hybridized carbons (Fsp3) is 0.538. The number of nitrogens with one attached hydrogen (secondary N) is 1. The van der Waals surface area contributed by atoms with E-state index in [2.05, 4.69) is 9.62 Å². The molecule has 1 rings (SSSR count). The van der Waals surface area contributed by atoms with Crippen LogP contribution in [0.25, 0.3) is 0 Å². The van der Waals surface area contributed by atoms with Gasteiger partial charge in [0.1, 0.15) is 10.6 Å². The van der Waals surface area contributed by atoms with Gasteiger partial charge in [0.2, 0.25) is 10.0 Å². The van der Waals surface area contributed by atoms with Crippen LogP contribution in [0.5, 0.6) is 5.75 Å². The van der Waals surface area contributed by atoms with E-state index in [0.717, 1.165) is 13.1 Å². The summed E-state index contributed by atoms with van der Waals surface area (Å²) in [5, 5.41) is 0.276. The van der Waals surface area contributed by atoms with Gasteiger partial charge in [0.05, 0.1) is 17.2 Å². The van der Waals surface area contributed by atoms with Crippen molar-refractivity contribution in [2.75, 3.05) is 33.3 Å². The summed E-state index contributed by atoms with van der Waals surface area (Å²) in [4.78, 5) is 2.07. The molecule has 5 nitrogen and oxygen atoms in total. The molecule has 120 valence electrons. The average Bonchev–Trinajstić information content (AvgIpc) is 2.45. The van der Waals surface area contributed by atoms with Gasteiger partial charge in [-0.15, -0.1) is 0 Å². The second-order valence-electron chi connectivity index (χ2n) is 4.34. The highest BCUT2D eigenvalue weighted by Crippen LogP contribution is 2.33. The van der Waals surface area contributed by atoms with Crippen LogP contribution in [0.2, 0.25) is 10.0 Å². The van der Waals surface area contributed by atoms with Gasteiger partial charge in [-0.05, 0) is 19.2 Å². The standard InChI is InChI=1S/C13H20Cl2N2O3S/c1-4-17(5-2)7-6-16-21(18,19)13-9-10(14)12(20-3)8-11(13)15/h8-9,16H,4-7H2,1-3H3. The molecule has 0 bridgehead atoms. The zero-order chi connectivity index (χ0) is 16.0. The Morgan fingerprint density at radius 1 is 1.19 bits per heavy atom. The average molecular weight is 355 g/mol. The molecule has 8 heteroatoms. The maximum atomic E-state index is 12.2. The van der Waals surface area contributed by atoms with Crippen LogP contribution < -0.4 is 9.46 Å². The highest BCUT2D eigenvalue weighted by Gasteiger charge is 2.20. The number of rotatable bonds is 8. The van der Waals surface area contributed by atoms with E-state index in [1.165, 1.54) is 19.2 Å². The van der Waals surface area contributed by atoms with Crippen molar-refractivity contribution in [1.82, 2.24) is 9.62 Å². The van der Waals surface area contributed by atoms with Gasteiger partial charge in [-0.1, -0.05) is 37.0 Å².